The van der Waals surface area contributed by atoms with Gasteiger partial charge in [-0.2, -0.15) is 0 Å². The summed E-state index contributed by atoms with van der Waals surface area (Å²) in [6.07, 6.45) is 3.79. The number of pyridine rings is 1. The van der Waals surface area contributed by atoms with Gasteiger partial charge in [-0.15, -0.1) is 11.3 Å². The Hall–Kier alpha value is -6.33. The molecule has 0 unspecified atom stereocenters. The van der Waals surface area contributed by atoms with Gasteiger partial charge in [0.05, 0.1) is 34.8 Å². The molecule has 2 aromatic heterocycles. The van der Waals surface area contributed by atoms with Crippen LogP contribution in [-0.2, 0) is 32.2 Å². The number of aliphatic hydroxyl groups is 1. The number of aromatic amines is 1. The number of aryl methyl sites for hydroxylation is 3. The molecule has 0 spiro atoms. The molecule has 5 aromatic rings. The summed E-state index contributed by atoms with van der Waals surface area (Å²) in [4.78, 5) is 66.5. The van der Waals surface area contributed by atoms with Gasteiger partial charge in [0.2, 0.25) is 11.8 Å². The first-order chi connectivity index (χ1) is 35.9. The van der Waals surface area contributed by atoms with Crippen molar-refractivity contribution in [3.8, 4) is 27.3 Å². The van der Waals surface area contributed by atoms with Crippen LogP contribution < -0.4 is 31.1 Å². The molecule has 402 valence electrons. The SMILES string of the molecule is C=C(NCc1ccc(-c2scnc2C)cc1)[C@@H]1C[C@@H](O)CN1C(=O)[C@@H](NC(=O)COCCCCCOc1ccc(-c2cc(C(=O)NCc3c(C)cc(C)[nH]c3=O)c(C)c(N(CC)C3CCOCC3)c2)cc1)C(C)(C)C. The molecule has 0 radical (unpaired) electrons. The summed E-state index contributed by atoms with van der Waals surface area (Å²) >= 11 is 1.61. The number of ether oxygens (including phenoxy) is 3. The lowest BCUT2D eigenvalue weighted by atomic mass is 9.85. The largest absolute Gasteiger partial charge is 0.494 e. The van der Waals surface area contributed by atoms with E-state index in [4.69, 9.17) is 14.2 Å². The van der Waals surface area contributed by atoms with Crippen molar-refractivity contribution in [3.63, 3.8) is 0 Å². The van der Waals surface area contributed by atoms with Crippen LogP contribution in [0, 0.1) is 33.1 Å². The third-order valence-electron chi connectivity index (χ3n) is 14.3. The second-order valence-electron chi connectivity index (χ2n) is 21.0. The quantitative estimate of drug-likeness (QED) is 0.0394. The Morgan fingerprint density at radius 1 is 0.933 bits per heavy atom. The summed E-state index contributed by atoms with van der Waals surface area (Å²) in [6.45, 7) is 23.5. The highest BCUT2D eigenvalue weighted by atomic mass is 32.1. The fraction of sp³-hybridized carbons (Fsp3) is 0.475. The molecule has 2 fully saturated rings. The van der Waals surface area contributed by atoms with Crippen molar-refractivity contribution in [2.45, 2.75) is 131 Å². The molecule has 15 nitrogen and oxygen atoms in total. The van der Waals surface area contributed by atoms with E-state index in [1.54, 1.807) is 16.2 Å². The molecular weight excluding hydrogens is 967 g/mol. The number of nitrogens with one attached hydrogen (secondary N) is 4. The smallest absolute Gasteiger partial charge is 0.253 e. The van der Waals surface area contributed by atoms with Crippen LogP contribution in [0.3, 0.4) is 0 Å². The van der Waals surface area contributed by atoms with Crippen LogP contribution >= 0.6 is 11.3 Å². The number of aromatic nitrogens is 2. The van der Waals surface area contributed by atoms with Crippen LogP contribution in [0.15, 0.2) is 89.3 Å². The second kappa shape index (κ2) is 25.9. The lowest BCUT2D eigenvalue weighted by molar-refractivity contribution is -0.141. The van der Waals surface area contributed by atoms with E-state index in [0.29, 0.717) is 56.2 Å². The zero-order valence-corrected chi connectivity index (χ0v) is 45.9. The van der Waals surface area contributed by atoms with Gasteiger partial charge in [0.15, 0.2) is 0 Å². The number of H-pyrrole nitrogens is 1. The Bertz CT molecular complexity index is 2810. The van der Waals surface area contributed by atoms with E-state index >= 15 is 0 Å². The fourth-order valence-electron chi connectivity index (χ4n) is 10.1. The molecule has 2 aliphatic rings. The molecule has 2 saturated heterocycles. The van der Waals surface area contributed by atoms with Gasteiger partial charge in [0.25, 0.3) is 11.5 Å². The van der Waals surface area contributed by atoms with Gasteiger partial charge < -0.3 is 50.1 Å². The standard InChI is InChI=1S/C59H77N7O8S/c1-10-65(46-22-26-72-27-23-46)51-30-45(29-49(39(51)4)56(69)61-33-50-37(2)28-38(3)63-57(50)70)43-18-20-48(21-19-43)74-25-13-11-12-24-73-35-53(68)64-55(59(7,8)9)58(71)66-34-47(67)31-52(66)40(5)60-32-42-14-16-44(17-15-42)54-41(6)62-36-75-54/h14-21,28-30,36,46-47,52,55,60,67H,5,10-13,22-27,31-35H2,1-4,6-9H3,(H,61,69)(H,63,70)(H,64,68)/t47-,52+,55-/m1/s1. The molecule has 3 aromatic carbocycles. The Kier molecular flexibility index (Phi) is 19.5. The number of carbonyl (C=O) groups is 3. The first kappa shape index (κ1) is 56.4. The third-order valence-corrected chi connectivity index (χ3v) is 15.3. The number of thiazole rings is 1. The average molecular weight is 1040 g/mol. The topological polar surface area (TPSA) is 187 Å². The first-order valence-corrected chi connectivity index (χ1v) is 27.3. The minimum absolute atomic E-state index is 0.117. The number of anilines is 1. The van der Waals surface area contributed by atoms with Gasteiger partial charge in [0.1, 0.15) is 18.4 Å². The molecule has 4 heterocycles. The summed E-state index contributed by atoms with van der Waals surface area (Å²) in [7, 11) is 0. The van der Waals surface area contributed by atoms with Crippen molar-refractivity contribution in [1.29, 1.82) is 0 Å². The van der Waals surface area contributed by atoms with Gasteiger partial charge in [-0.1, -0.05) is 63.7 Å². The van der Waals surface area contributed by atoms with Crippen LogP contribution in [0.1, 0.15) is 110 Å². The van der Waals surface area contributed by atoms with Crippen molar-refractivity contribution in [3.05, 3.63) is 134 Å². The molecule has 2 aliphatic heterocycles. The third kappa shape index (κ3) is 14.7. The number of likely N-dealkylation sites (tertiary alicyclic amines) is 1. The number of carbonyl (C=O) groups excluding carboxylic acids is 3. The first-order valence-electron chi connectivity index (χ1n) is 26.4. The number of β-amino-alcohol motifs (C(OH)–C–C–N with tert-alkyl or cyclic N) is 1. The van der Waals surface area contributed by atoms with E-state index in [-0.39, 0.29) is 49.0 Å². The van der Waals surface area contributed by atoms with Gasteiger partial charge in [-0.25, -0.2) is 4.98 Å². The van der Waals surface area contributed by atoms with Crippen LogP contribution in [-0.4, -0.2) is 108 Å². The highest BCUT2D eigenvalue weighted by molar-refractivity contribution is 7.13. The lowest BCUT2D eigenvalue weighted by Gasteiger charge is -2.37. The molecule has 0 aliphatic carbocycles. The number of amides is 3. The van der Waals surface area contributed by atoms with Gasteiger partial charge >= 0.3 is 0 Å². The summed E-state index contributed by atoms with van der Waals surface area (Å²) in [6, 6.07) is 21.2. The van der Waals surface area contributed by atoms with Crippen molar-refractivity contribution >= 4 is 34.7 Å². The maximum absolute atomic E-state index is 14.2. The highest BCUT2D eigenvalue weighted by Crippen LogP contribution is 2.35. The Morgan fingerprint density at radius 3 is 2.31 bits per heavy atom. The number of nitrogens with zero attached hydrogens (tertiary/aromatic N) is 3. The molecule has 75 heavy (non-hydrogen) atoms. The molecule has 16 heteroatoms. The van der Waals surface area contributed by atoms with E-state index < -0.39 is 23.6 Å². The van der Waals surface area contributed by atoms with Crippen LogP contribution in [0.25, 0.3) is 21.6 Å². The number of rotatable bonds is 23. The average Bonchev–Trinajstić information content (AvgIpc) is 4.01. The van der Waals surface area contributed by atoms with Crippen molar-refractivity contribution in [2.24, 2.45) is 5.41 Å². The Labute approximate surface area is 446 Å². The summed E-state index contributed by atoms with van der Waals surface area (Å²) in [5.41, 5.74) is 11.3. The predicted molar refractivity (Wildman–Crippen MR) is 297 cm³/mol. The molecule has 3 atom stereocenters. The van der Waals surface area contributed by atoms with Crippen molar-refractivity contribution < 1.29 is 33.7 Å². The minimum Gasteiger partial charge on any atom is -0.494 e. The lowest BCUT2D eigenvalue weighted by Crippen LogP contribution is -2.57. The number of benzene rings is 3. The number of aliphatic hydroxyl groups excluding tert-OH is 1. The maximum atomic E-state index is 14.2. The number of hydrogen-bond donors (Lipinski definition) is 5. The van der Waals surface area contributed by atoms with Gasteiger partial charge in [0, 0.05) is 86.7 Å². The molecule has 5 N–H and O–H groups in total. The second-order valence-corrected chi connectivity index (χ2v) is 21.9. The summed E-state index contributed by atoms with van der Waals surface area (Å²) in [5.74, 6) is -0.160. The molecule has 7 rings (SSSR count). The summed E-state index contributed by atoms with van der Waals surface area (Å²) in [5, 5.41) is 20.1. The molecule has 0 saturated carbocycles. The minimum atomic E-state index is -0.844. The van der Waals surface area contributed by atoms with Crippen molar-refractivity contribution in [1.82, 2.24) is 30.8 Å². The van der Waals surface area contributed by atoms with E-state index in [0.717, 1.165) is 99.7 Å². The van der Waals surface area contributed by atoms with Crippen LogP contribution in [0.5, 0.6) is 5.75 Å². The molecule has 0 bridgehead atoms. The zero-order chi connectivity index (χ0) is 53.8. The predicted octanol–water partition coefficient (Wildman–Crippen LogP) is 8.70. The number of hydrogen-bond acceptors (Lipinski definition) is 12. The highest BCUT2D eigenvalue weighted by Gasteiger charge is 2.43. The Balaban J connectivity index is 0.868. The normalized spacial score (nSPS) is 16.4. The molecule has 3 amide bonds. The van der Waals surface area contributed by atoms with Crippen LogP contribution in [0.2, 0.25) is 0 Å². The fourth-order valence-corrected chi connectivity index (χ4v) is 10.9. The van der Waals surface area contributed by atoms with Crippen molar-refractivity contribution in [2.75, 3.05) is 51.0 Å². The van der Waals surface area contributed by atoms with E-state index in [1.807, 2.05) is 90.4 Å². The van der Waals surface area contributed by atoms with Crippen LogP contribution in [0.4, 0.5) is 5.69 Å². The van der Waals surface area contributed by atoms with Gasteiger partial charge in [-0.3, -0.25) is 19.2 Å². The Morgan fingerprint density at radius 2 is 1.64 bits per heavy atom. The number of unbranched alkanes of at least 4 members (excludes halogenated alkanes) is 2. The molecular formula is C59H77N7O8S. The zero-order valence-electron chi connectivity index (χ0n) is 45.1. The maximum Gasteiger partial charge on any atom is 0.253 e. The summed E-state index contributed by atoms with van der Waals surface area (Å²) < 4.78 is 17.6. The van der Waals surface area contributed by atoms with E-state index in [9.17, 15) is 24.3 Å². The van der Waals surface area contributed by atoms with E-state index in [1.165, 1.54) is 0 Å². The van der Waals surface area contributed by atoms with Gasteiger partial charge in [-0.05, 0) is 136 Å². The van der Waals surface area contributed by atoms with E-state index in [2.05, 4.69) is 74.7 Å². The monoisotopic (exact) mass is 1040 g/mol.